The van der Waals surface area contributed by atoms with E-state index in [2.05, 4.69) is 168 Å². The highest BCUT2D eigenvalue weighted by Gasteiger charge is 2.26. The second-order valence-electron chi connectivity index (χ2n) is 22.0. The molecule has 0 bridgehead atoms. The molecule has 4 saturated heterocycles. The van der Waals surface area contributed by atoms with E-state index in [1.807, 2.05) is 0 Å². The number of anilines is 4. The number of rotatable bonds is 14. The third-order valence-electron chi connectivity index (χ3n) is 15.0. The van der Waals surface area contributed by atoms with Crippen LogP contribution in [-0.2, 0) is 0 Å². The fourth-order valence-electron chi connectivity index (χ4n) is 10.2. The minimum atomic E-state index is 0.396. The Hall–Kier alpha value is -5.20. The summed E-state index contributed by atoms with van der Waals surface area (Å²) >= 11 is 0. The first kappa shape index (κ1) is 56.5. The Bertz CT molecular complexity index is 2370. The van der Waals surface area contributed by atoms with Gasteiger partial charge in [-0.1, -0.05) is 23.7 Å². The van der Waals surface area contributed by atoms with Crippen LogP contribution in [-0.4, -0.2) is 222 Å². The largest absolute Gasteiger partial charge is 0.495 e. The van der Waals surface area contributed by atoms with Gasteiger partial charge in [-0.3, -0.25) is 0 Å². The van der Waals surface area contributed by atoms with Gasteiger partial charge in [0.25, 0.3) is 0 Å². The molecule has 2 aromatic carbocycles. The first-order chi connectivity index (χ1) is 35.7. The van der Waals surface area contributed by atoms with Crippen molar-refractivity contribution < 1.29 is 9.47 Å². The van der Waals surface area contributed by atoms with Crippen molar-refractivity contribution in [1.82, 2.24) is 49.3 Å². The van der Waals surface area contributed by atoms with Gasteiger partial charge in [0.1, 0.15) is 23.1 Å². The number of nitrogens with one attached hydrogen (secondary N) is 2. The molecule has 2 aromatic heterocycles. The summed E-state index contributed by atoms with van der Waals surface area (Å²) in [6.45, 7) is 23.5. The fourth-order valence-corrected chi connectivity index (χ4v) is 10.2. The number of nitrogens with zero attached hydrogens (tertiary/aromatic N) is 12. The maximum Gasteiger partial charge on any atom is 0.227 e. The number of benzene rings is 2. The average molecular weight is 1020 g/mol. The molecule has 0 radical (unpaired) electrons. The van der Waals surface area contributed by atoms with Crippen molar-refractivity contribution in [3.63, 3.8) is 0 Å². The molecule has 0 atom stereocenters. The summed E-state index contributed by atoms with van der Waals surface area (Å²) in [6, 6.07) is 10.3. The molecule has 4 aliphatic heterocycles. The summed E-state index contributed by atoms with van der Waals surface area (Å²) in [4.78, 5) is 39.2. The van der Waals surface area contributed by atoms with E-state index in [1.165, 1.54) is 0 Å². The van der Waals surface area contributed by atoms with Crippen molar-refractivity contribution in [2.45, 2.75) is 103 Å². The smallest absolute Gasteiger partial charge is 0.227 e. The topological polar surface area (TPSA) is 120 Å². The monoisotopic (exact) mass is 1010 g/mol. The standard InChI is InChI=1S/2C29H45N7O/c2*1-22(2)35-16-11-24(12-17-35)30-28-25-21-27(37-6)23(10-7-8-13-33(3)4)20-26(25)31-29(32-28)36-15-9-14-34(5)18-19-36/h2*20-22,24H,8-9,11-19H2,1-6H3,(H,30,31,32). The summed E-state index contributed by atoms with van der Waals surface area (Å²) in [6.07, 6.45) is 8.29. The van der Waals surface area contributed by atoms with Crippen LogP contribution in [0.2, 0.25) is 0 Å². The number of fused-ring (bicyclic) bond motifs is 2. The molecular weight excluding hydrogens is 925 g/mol. The van der Waals surface area contributed by atoms with Gasteiger partial charge in [0.2, 0.25) is 11.9 Å². The van der Waals surface area contributed by atoms with E-state index in [9.17, 15) is 0 Å². The maximum atomic E-state index is 5.77. The second-order valence-corrected chi connectivity index (χ2v) is 22.0. The number of ether oxygens (including phenoxy) is 2. The van der Waals surface area contributed by atoms with E-state index in [0.29, 0.717) is 24.2 Å². The van der Waals surface area contributed by atoms with Crippen LogP contribution in [0.3, 0.4) is 0 Å². The number of hydrogen-bond acceptors (Lipinski definition) is 16. The molecule has 0 spiro atoms. The predicted octanol–water partition coefficient (Wildman–Crippen LogP) is 6.74. The Labute approximate surface area is 444 Å². The molecular formula is C58H90N14O2. The number of likely N-dealkylation sites (N-methyl/N-ethyl adjacent to an activating group) is 2. The van der Waals surface area contributed by atoms with Gasteiger partial charge in [0.15, 0.2) is 0 Å². The third-order valence-corrected chi connectivity index (χ3v) is 15.0. The van der Waals surface area contributed by atoms with Crippen molar-refractivity contribution in [3.8, 4) is 35.2 Å². The van der Waals surface area contributed by atoms with Gasteiger partial charge < -0.3 is 59.3 Å². The molecule has 4 fully saturated rings. The summed E-state index contributed by atoms with van der Waals surface area (Å²) < 4.78 is 11.5. The van der Waals surface area contributed by atoms with E-state index in [4.69, 9.17) is 29.4 Å². The molecule has 0 amide bonds. The summed E-state index contributed by atoms with van der Waals surface area (Å²) in [7, 11) is 16.1. The molecule has 0 unspecified atom stereocenters. The zero-order valence-corrected chi connectivity index (χ0v) is 47.4. The Morgan fingerprint density at radius 1 is 0.541 bits per heavy atom. The van der Waals surface area contributed by atoms with Gasteiger partial charge in [0.05, 0.1) is 36.4 Å². The van der Waals surface area contributed by atoms with Crippen LogP contribution in [0.4, 0.5) is 23.5 Å². The van der Waals surface area contributed by atoms with E-state index in [0.717, 1.165) is 211 Å². The number of piperidine rings is 2. The van der Waals surface area contributed by atoms with E-state index in [1.54, 1.807) is 14.2 Å². The number of likely N-dealkylation sites (tertiary alicyclic amines) is 2. The Morgan fingerprint density at radius 3 is 1.28 bits per heavy atom. The number of hydrogen-bond donors (Lipinski definition) is 2. The molecule has 404 valence electrons. The van der Waals surface area contributed by atoms with E-state index >= 15 is 0 Å². The first-order valence-electron chi connectivity index (χ1n) is 27.6. The third kappa shape index (κ3) is 15.9. The van der Waals surface area contributed by atoms with Crippen LogP contribution in [0.5, 0.6) is 11.5 Å². The minimum Gasteiger partial charge on any atom is -0.495 e. The van der Waals surface area contributed by atoms with Crippen LogP contribution in [0.1, 0.15) is 90.2 Å². The molecule has 0 aliphatic carbocycles. The molecule has 4 aromatic rings. The lowest BCUT2D eigenvalue weighted by Gasteiger charge is -2.35. The van der Waals surface area contributed by atoms with Gasteiger partial charge >= 0.3 is 0 Å². The lowest BCUT2D eigenvalue weighted by atomic mass is 10.0. The molecule has 74 heavy (non-hydrogen) atoms. The lowest BCUT2D eigenvalue weighted by molar-refractivity contribution is 0.177. The van der Waals surface area contributed by atoms with Gasteiger partial charge in [-0.15, -0.1) is 0 Å². The average Bonchev–Trinajstić information content (AvgIpc) is 3.75. The van der Waals surface area contributed by atoms with Crippen molar-refractivity contribution in [2.24, 2.45) is 0 Å². The quantitative estimate of drug-likeness (QED) is 0.130. The number of methoxy groups -OCH3 is 2. The lowest BCUT2D eigenvalue weighted by Crippen LogP contribution is -2.42. The Kier molecular flexibility index (Phi) is 21.0. The van der Waals surface area contributed by atoms with Crippen molar-refractivity contribution in [1.29, 1.82) is 0 Å². The highest BCUT2D eigenvalue weighted by Crippen LogP contribution is 2.34. The molecule has 2 N–H and O–H groups in total. The maximum absolute atomic E-state index is 5.77. The second kappa shape index (κ2) is 27.5. The highest BCUT2D eigenvalue weighted by atomic mass is 16.5. The van der Waals surface area contributed by atoms with Crippen LogP contribution >= 0.6 is 0 Å². The summed E-state index contributed by atoms with van der Waals surface area (Å²) in [5.41, 5.74) is 3.60. The SMILES string of the molecule is COc1cc2c(NC3CCN(C(C)C)CC3)nc(N3CCCN(C)CC3)nc2cc1C#CCCN(C)C.COc1cc2c(NC3CCN(C(C)C)CC3)nc(N3CCCN(C)CC3)nc2cc1C#CCCN(C)C. The fraction of sp³-hybridized carbons (Fsp3) is 0.655. The Morgan fingerprint density at radius 2 is 0.932 bits per heavy atom. The molecule has 16 nitrogen and oxygen atoms in total. The van der Waals surface area contributed by atoms with Crippen molar-refractivity contribution >= 4 is 45.3 Å². The van der Waals surface area contributed by atoms with Crippen LogP contribution < -0.4 is 29.9 Å². The number of aromatic nitrogens is 4. The molecule has 8 rings (SSSR count). The van der Waals surface area contributed by atoms with Crippen LogP contribution in [0, 0.1) is 23.7 Å². The van der Waals surface area contributed by atoms with Gasteiger partial charge in [-0.25, -0.2) is 9.97 Å². The minimum absolute atomic E-state index is 0.396. The molecule has 6 heterocycles. The van der Waals surface area contributed by atoms with Crippen LogP contribution in [0.25, 0.3) is 21.8 Å². The zero-order chi connectivity index (χ0) is 52.7. The van der Waals surface area contributed by atoms with E-state index < -0.39 is 0 Å². The van der Waals surface area contributed by atoms with Gasteiger partial charge in [0, 0.05) is 126 Å². The van der Waals surface area contributed by atoms with Crippen molar-refractivity contribution in [2.75, 3.05) is 169 Å². The predicted molar refractivity (Wildman–Crippen MR) is 308 cm³/mol. The van der Waals surface area contributed by atoms with Crippen LogP contribution in [0.15, 0.2) is 24.3 Å². The molecule has 16 heteroatoms. The first-order valence-corrected chi connectivity index (χ1v) is 27.6. The van der Waals surface area contributed by atoms with Gasteiger partial charge in [-0.2, -0.15) is 9.97 Å². The Balaban J connectivity index is 0.000000216. The van der Waals surface area contributed by atoms with Crippen molar-refractivity contribution in [3.05, 3.63) is 35.4 Å². The summed E-state index contributed by atoms with van der Waals surface area (Å²) in [5, 5.41) is 9.62. The zero-order valence-electron chi connectivity index (χ0n) is 47.4. The highest BCUT2D eigenvalue weighted by molar-refractivity contribution is 5.94. The molecule has 0 saturated carbocycles. The summed E-state index contributed by atoms with van der Waals surface area (Å²) in [5.74, 6) is 18.3. The normalized spacial score (nSPS) is 18.2. The molecule has 4 aliphatic rings. The van der Waals surface area contributed by atoms with Gasteiger partial charge in [-0.05, 0) is 146 Å². The van der Waals surface area contributed by atoms with E-state index in [-0.39, 0.29) is 0 Å².